The number of hydrogen-bond donors (Lipinski definition) is 2. The lowest BCUT2D eigenvalue weighted by Gasteiger charge is -2.13. The van der Waals surface area contributed by atoms with Crippen molar-refractivity contribution in [3.05, 3.63) is 64.3 Å². The Morgan fingerprint density at radius 2 is 1.72 bits per heavy atom. The van der Waals surface area contributed by atoms with Crippen molar-refractivity contribution in [3.63, 3.8) is 0 Å². The molecule has 1 heterocycles. The quantitative estimate of drug-likeness (QED) is 0.726. The summed E-state index contributed by atoms with van der Waals surface area (Å²) in [4.78, 5) is 33.2. The second-order valence-electron chi connectivity index (χ2n) is 5.66. The fourth-order valence-corrected chi connectivity index (χ4v) is 3.01. The van der Waals surface area contributed by atoms with Crippen LogP contribution in [0, 0.1) is 0 Å². The molecule has 4 rings (SSSR count). The number of fused-ring (bicyclic) bond motifs is 2. The number of aromatic hydroxyl groups is 1. The van der Waals surface area contributed by atoms with Gasteiger partial charge in [0, 0.05) is 12.0 Å². The van der Waals surface area contributed by atoms with Crippen molar-refractivity contribution in [3.8, 4) is 5.75 Å². The molecule has 0 unspecified atom stereocenters. The third-order valence-corrected chi connectivity index (χ3v) is 4.12. The molecule has 2 aromatic carbocycles. The van der Waals surface area contributed by atoms with Crippen molar-refractivity contribution in [2.24, 2.45) is 0 Å². The van der Waals surface area contributed by atoms with E-state index >= 15 is 0 Å². The van der Waals surface area contributed by atoms with Gasteiger partial charge in [-0.25, -0.2) is 14.8 Å². The van der Waals surface area contributed by atoms with Gasteiger partial charge >= 0.3 is 5.97 Å². The highest BCUT2D eigenvalue weighted by Gasteiger charge is 2.25. The number of carboxylic acid groups (broad SMARTS) is 1. The summed E-state index contributed by atoms with van der Waals surface area (Å²) < 4.78 is 0. The Morgan fingerprint density at radius 3 is 2.44 bits per heavy atom. The molecule has 6 heteroatoms. The number of ketones is 1. The summed E-state index contributed by atoms with van der Waals surface area (Å²) in [6.07, 6.45) is 1.79. The highest BCUT2D eigenvalue weighted by molar-refractivity contribution is 6.24. The van der Waals surface area contributed by atoms with Crippen molar-refractivity contribution in [2.75, 3.05) is 0 Å². The normalized spacial score (nSPS) is 13.4. The molecule has 1 aromatic heterocycles. The summed E-state index contributed by atoms with van der Waals surface area (Å²) in [6, 6.07) is 11.5. The zero-order chi connectivity index (χ0) is 17.6. The fourth-order valence-electron chi connectivity index (χ4n) is 3.01. The number of benzene rings is 2. The van der Waals surface area contributed by atoms with Gasteiger partial charge in [0.05, 0.1) is 22.0 Å². The van der Waals surface area contributed by atoms with Crippen molar-refractivity contribution < 1.29 is 19.8 Å². The van der Waals surface area contributed by atoms with Crippen LogP contribution in [-0.2, 0) is 4.79 Å². The number of carbonyl (C=O) groups is 2. The van der Waals surface area contributed by atoms with Crippen LogP contribution in [0.5, 0.6) is 5.75 Å². The lowest BCUT2D eigenvalue weighted by Crippen LogP contribution is -2.39. The zero-order valence-electron chi connectivity index (χ0n) is 12.9. The van der Waals surface area contributed by atoms with Crippen molar-refractivity contribution in [1.82, 2.24) is 9.97 Å². The first-order valence-corrected chi connectivity index (χ1v) is 7.62. The molecular formula is C19H12N2O4. The number of aromatic nitrogens is 2. The Bertz CT molecular complexity index is 1180. The van der Waals surface area contributed by atoms with Crippen molar-refractivity contribution >= 4 is 34.4 Å². The summed E-state index contributed by atoms with van der Waals surface area (Å²) in [5.41, 5.74) is 1.31. The first kappa shape index (κ1) is 15.0. The monoisotopic (exact) mass is 332 g/mol. The van der Waals surface area contributed by atoms with E-state index in [1.807, 2.05) is 18.2 Å². The number of para-hydroxylation sites is 2. The van der Waals surface area contributed by atoms with E-state index in [1.165, 1.54) is 18.2 Å². The summed E-state index contributed by atoms with van der Waals surface area (Å²) in [6.45, 7) is 0. The van der Waals surface area contributed by atoms with Gasteiger partial charge in [0.15, 0.2) is 5.78 Å². The van der Waals surface area contributed by atoms with Crippen LogP contribution < -0.4 is 10.7 Å². The van der Waals surface area contributed by atoms with Gasteiger partial charge in [0.25, 0.3) is 0 Å². The number of phenols is 1. The average Bonchev–Trinajstić information content (AvgIpc) is 2.59. The van der Waals surface area contributed by atoms with Crippen LogP contribution in [0.2, 0.25) is 0 Å². The summed E-state index contributed by atoms with van der Waals surface area (Å²) in [5.74, 6) is -1.96. The number of carbonyl (C=O) groups excluding carboxylic acids is 1. The molecule has 0 bridgehead atoms. The lowest BCUT2D eigenvalue weighted by molar-refractivity contribution is -0.112. The Kier molecular flexibility index (Phi) is 3.32. The van der Waals surface area contributed by atoms with E-state index in [1.54, 1.807) is 12.1 Å². The predicted molar refractivity (Wildman–Crippen MR) is 90.5 cm³/mol. The molecule has 2 N–H and O–H groups in total. The van der Waals surface area contributed by atoms with Gasteiger partial charge in [0.2, 0.25) is 0 Å². The van der Waals surface area contributed by atoms with Crippen LogP contribution >= 0.6 is 0 Å². The van der Waals surface area contributed by atoms with Gasteiger partial charge in [-0.15, -0.1) is 0 Å². The summed E-state index contributed by atoms with van der Waals surface area (Å²) in [5, 5.41) is 20.3. The van der Waals surface area contributed by atoms with E-state index in [-0.39, 0.29) is 28.9 Å². The maximum atomic E-state index is 12.6. The molecule has 0 saturated heterocycles. The topological polar surface area (TPSA) is 100 Å². The summed E-state index contributed by atoms with van der Waals surface area (Å²) >= 11 is 0. The van der Waals surface area contributed by atoms with Crippen LogP contribution in [0.3, 0.4) is 0 Å². The van der Waals surface area contributed by atoms with Gasteiger partial charge in [0.1, 0.15) is 16.7 Å². The molecule has 0 radical (unpaired) electrons. The standard InChI is InChI=1S/C19H12N2O4/c22-14-7-3-4-10(17(14)19(24)25)16-15(23)9-8-13-18(16)21-12-6-2-1-5-11(12)20-13/h1-8,22H,9H2,(H,24,25). The SMILES string of the molecule is O=C1CC=c2nc3ccccc3nc2=C1c1cccc(O)c1C(=O)O. The predicted octanol–water partition coefficient (Wildman–Crippen LogP) is 0.986. The van der Waals surface area contributed by atoms with Crippen molar-refractivity contribution in [2.45, 2.75) is 6.42 Å². The third kappa shape index (κ3) is 2.35. The third-order valence-electron chi connectivity index (χ3n) is 4.12. The highest BCUT2D eigenvalue weighted by Crippen LogP contribution is 2.27. The van der Waals surface area contributed by atoms with Crippen LogP contribution in [0.4, 0.5) is 0 Å². The van der Waals surface area contributed by atoms with Gasteiger partial charge in [-0.1, -0.05) is 24.3 Å². The zero-order valence-corrected chi connectivity index (χ0v) is 12.9. The Morgan fingerprint density at radius 1 is 1.00 bits per heavy atom. The first-order chi connectivity index (χ1) is 12.1. The fraction of sp³-hybridized carbons (Fsp3) is 0.0526. The summed E-state index contributed by atoms with van der Waals surface area (Å²) in [7, 11) is 0. The molecule has 0 amide bonds. The Hall–Kier alpha value is -3.54. The minimum absolute atomic E-state index is 0.101. The van der Waals surface area contributed by atoms with Gasteiger partial charge in [-0.05, 0) is 24.3 Å². The molecule has 122 valence electrons. The number of rotatable bonds is 2. The number of nitrogens with zero attached hydrogens (tertiary/aromatic N) is 2. The number of hydrogen-bond acceptors (Lipinski definition) is 5. The lowest BCUT2D eigenvalue weighted by atomic mass is 9.92. The van der Waals surface area contributed by atoms with Crippen molar-refractivity contribution in [1.29, 1.82) is 0 Å². The molecule has 1 aliphatic rings. The van der Waals surface area contributed by atoms with E-state index < -0.39 is 11.7 Å². The molecule has 0 fully saturated rings. The second kappa shape index (κ2) is 5.52. The molecule has 6 nitrogen and oxygen atoms in total. The largest absolute Gasteiger partial charge is 0.507 e. The number of aromatic carboxylic acids is 1. The number of Topliss-reactive ketones (excluding diaryl/α,β-unsaturated/α-hetero) is 1. The first-order valence-electron chi connectivity index (χ1n) is 7.62. The van der Waals surface area contributed by atoms with E-state index in [0.717, 1.165) is 0 Å². The van der Waals surface area contributed by atoms with E-state index in [9.17, 15) is 19.8 Å². The van der Waals surface area contributed by atoms with E-state index in [2.05, 4.69) is 9.97 Å². The highest BCUT2D eigenvalue weighted by atomic mass is 16.4. The molecular weight excluding hydrogens is 320 g/mol. The van der Waals surface area contributed by atoms with E-state index in [0.29, 0.717) is 21.7 Å². The molecule has 25 heavy (non-hydrogen) atoms. The second-order valence-corrected chi connectivity index (χ2v) is 5.66. The maximum Gasteiger partial charge on any atom is 0.340 e. The van der Waals surface area contributed by atoms with Gasteiger partial charge in [-0.2, -0.15) is 0 Å². The van der Waals surface area contributed by atoms with Gasteiger partial charge in [-0.3, -0.25) is 4.79 Å². The Balaban J connectivity index is 2.18. The molecule has 0 saturated carbocycles. The smallest absolute Gasteiger partial charge is 0.340 e. The Labute approximate surface area is 141 Å². The van der Waals surface area contributed by atoms with Crippen LogP contribution in [0.1, 0.15) is 22.3 Å². The average molecular weight is 332 g/mol. The molecule has 0 aliphatic heterocycles. The maximum absolute atomic E-state index is 12.6. The molecule has 1 aliphatic carbocycles. The minimum atomic E-state index is -1.31. The van der Waals surface area contributed by atoms with Gasteiger partial charge < -0.3 is 10.2 Å². The molecule has 3 aromatic rings. The number of carboxylic acids is 1. The van der Waals surface area contributed by atoms with Crippen LogP contribution in [-0.4, -0.2) is 31.9 Å². The minimum Gasteiger partial charge on any atom is -0.507 e. The molecule has 0 atom stereocenters. The van der Waals surface area contributed by atoms with Crippen LogP contribution in [0.15, 0.2) is 42.5 Å². The molecule has 0 spiro atoms. The van der Waals surface area contributed by atoms with E-state index in [4.69, 9.17) is 0 Å². The van der Waals surface area contributed by atoms with Crippen LogP contribution in [0.25, 0.3) is 22.7 Å².